The van der Waals surface area contributed by atoms with E-state index in [0.717, 1.165) is 10.9 Å². The highest BCUT2D eigenvalue weighted by molar-refractivity contribution is 9.10. The average Bonchev–Trinajstić information content (AvgIpc) is 3.73. The minimum absolute atomic E-state index is 0.00941. The van der Waals surface area contributed by atoms with E-state index < -0.39 is 5.91 Å². The monoisotopic (exact) mass is 636 g/mol. The predicted molar refractivity (Wildman–Crippen MR) is 180 cm³/mol. The summed E-state index contributed by atoms with van der Waals surface area (Å²) in [6, 6.07) is 20.8. The summed E-state index contributed by atoms with van der Waals surface area (Å²) >= 11 is 4.08. The van der Waals surface area contributed by atoms with Crippen LogP contribution in [0, 0.1) is 33.1 Å². The minimum Gasteiger partial charge on any atom is -0.199 e. The van der Waals surface area contributed by atoms with Crippen LogP contribution in [0.3, 0.4) is 0 Å². The van der Waals surface area contributed by atoms with Crippen LogP contribution in [0.25, 0.3) is 23.3 Å². The Kier molecular flexibility index (Phi) is 4.40. The van der Waals surface area contributed by atoms with Gasteiger partial charge < -0.3 is 0 Å². The molecule has 1 atom stereocenters. The van der Waals surface area contributed by atoms with Gasteiger partial charge in [0, 0.05) is 35.2 Å². The van der Waals surface area contributed by atoms with Crippen LogP contribution in [0.5, 0.6) is 0 Å². The van der Waals surface area contributed by atoms with Gasteiger partial charge >= 0.3 is 5.91 Å². The smallest absolute Gasteiger partial charge is 0.199 e. The van der Waals surface area contributed by atoms with Crippen LogP contribution < -0.4 is 10.7 Å². The van der Waals surface area contributed by atoms with Crippen LogP contribution in [0.4, 0.5) is 0 Å². The molecule has 5 heteroatoms. The molecule has 1 spiro atoms. The van der Waals surface area contributed by atoms with E-state index in [-0.39, 0.29) is 5.41 Å². The molecule has 214 valence electrons. The molecule has 0 radical (unpaired) electrons. The second-order valence-electron chi connectivity index (χ2n) is 14.1. The van der Waals surface area contributed by atoms with E-state index in [0.29, 0.717) is 0 Å². The maximum absolute atomic E-state index is 4.08. The standard InChI is InChI=1S/C39H33BrN4/c1-21-7-9-25(10-8-21)36-29-12-11-26-18-34-38(5,6)20-27-17-32-28(40)19-33-37(35-23(3)15-22(2)16-24(35)4)31-14-13-30(36)43(31)39(41(26)29,42(27)34)44(32)33/h7-19H,20H2,1-6H3/q+2/t39-/m1/s1. The van der Waals surface area contributed by atoms with Crippen molar-refractivity contribution in [2.45, 2.75) is 53.9 Å². The first-order valence-electron chi connectivity index (χ1n) is 15.6. The van der Waals surface area contributed by atoms with Crippen molar-refractivity contribution < 1.29 is 9.15 Å². The normalized spacial score (nSPS) is 22.5. The Hall–Kier alpha value is -4.22. The summed E-state index contributed by atoms with van der Waals surface area (Å²) in [7, 11) is 0. The molecule has 0 saturated heterocycles. The first-order chi connectivity index (χ1) is 21.1. The van der Waals surface area contributed by atoms with Crippen LogP contribution in [-0.2, 0) is 5.91 Å². The van der Waals surface area contributed by atoms with E-state index >= 15 is 0 Å². The van der Waals surface area contributed by atoms with Crippen LogP contribution in [-0.4, -0.2) is 29.7 Å². The summed E-state index contributed by atoms with van der Waals surface area (Å²) < 4.78 is 11.8. The molecule has 2 aromatic carbocycles. The Morgan fingerprint density at radius 3 is 2.27 bits per heavy atom. The van der Waals surface area contributed by atoms with Gasteiger partial charge in [-0.15, -0.1) is 0 Å². The molecule has 0 amide bonds. The number of nitrogens with zero attached hydrogens (tertiary/aromatic N) is 4. The molecular formula is C39H33BrN4+2. The molecular weight excluding hydrogens is 604 g/mol. The number of rotatable bonds is 2. The SMILES string of the molecule is Cc1ccc(C2=c3ccc4n3[C@@]35n6c(cc(Br)c6C=C6CC(C)(C)C(=[N+]63)C=4)C(c3c(C)cc(C)cc3C)=C3C=CC2=[N+]35)cc1. The quantitative estimate of drug-likeness (QED) is 0.225. The lowest BCUT2D eigenvalue weighted by Crippen LogP contribution is -2.70. The van der Waals surface area contributed by atoms with Crippen molar-refractivity contribution in [1.29, 1.82) is 0 Å². The summed E-state index contributed by atoms with van der Waals surface area (Å²) in [6.07, 6.45) is 10.7. The van der Waals surface area contributed by atoms with E-state index in [9.17, 15) is 0 Å². The lowest BCUT2D eigenvalue weighted by atomic mass is 9.85. The van der Waals surface area contributed by atoms with Crippen molar-refractivity contribution in [3.8, 4) is 0 Å². The molecule has 10 rings (SSSR count). The average molecular weight is 638 g/mol. The van der Waals surface area contributed by atoms with E-state index in [2.05, 4.69) is 155 Å². The number of hydrogen-bond donors (Lipinski definition) is 0. The van der Waals surface area contributed by atoms with Gasteiger partial charge in [-0.05, 0) is 97.9 Å². The Morgan fingerprint density at radius 2 is 1.52 bits per heavy atom. The molecule has 0 saturated carbocycles. The van der Waals surface area contributed by atoms with Gasteiger partial charge in [-0.25, -0.2) is 0 Å². The number of aromatic nitrogens is 2. The van der Waals surface area contributed by atoms with Crippen molar-refractivity contribution in [3.63, 3.8) is 0 Å². The van der Waals surface area contributed by atoms with Gasteiger partial charge in [0.15, 0.2) is 5.70 Å². The third-order valence-electron chi connectivity index (χ3n) is 10.7. The van der Waals surface area contributed by atoms with Crippen LogP contribution in [0.2, 0.25) is 0 Å². The molecule has 44 heavy (non-hydrogen) atoms. The van der Waals surface area contributed by atoms with Gasteiger partial charge in [-0.2, -0.15) is 9.13 Å². The Balaban J connectivity index is 1.47. The molecule has 0 fully saturated rings. The molecule has 0 bridgehead atoms. The molecule has 0 aliphatic carbocycles. The first-order valence-corrected chi connectivity index (χ1v) is 16.4. The highest BCUT2D eigenvalue weighted by atomic mass is 79.9. The Bertz CT molecular complexity index is 2390. The summed E-state index contributed by atoms with van der Waals surface area (Å²) in [5, 5.41) is 2.51. The number of allylic oxidation sites excluding steroid dienone is 3. The zero-order chi connectivity index (χ0) is 30.0. The van der Waals surface area contributed by atoms with Gasteiger partial charge in [0.2, 0.25) is 17.1 Å². The molecule has 6 aliphatic heterocycles. The van der Waals surface area contributed by atoms with Gasteiger partial charge in [0.1, 0.15) is 0 Å². The zero-order valence-electron chi connectivity index (χ0n) is 25.9. The minimum atomic E-state index is -0.634. The molecule has 0 unspecified atom stereocenters. The van der Waals surface area contributed by atoms with E-state index in [4.69, 9.17) is 0 Å². The molecule has 2 aromatic heterocycles. The lowest BCUT2D eigenvalue weighted by Gasteiger charge is -2.40. The van der Waals surface area contributed by atoms with E-state index in [1.165, 1.54) is 89.4 Å². The van der Waals surface area contributed by atoms with Crippen LogP contribution in [0.1, 0.15) is 65.0 Å². The predicted octanol–water partition coefficient (Wildman–Crippen LogP) is 6.44. The largest absolute Gasteiger partial charge is 0.553 e. The van der Waals surface area contributed by atoms with Gasteiger partial charge in [-0.3, -0.25) is 0 Å². The van der Waals surface area contributed by atoms with Crippen molar-refractivity contribution in [3.05, 3.63) is 138 Å². The highest BCUT2D eigenvalue weighted by Crippen LogP contribution is 2.54. The molecule has 6 aliphatic rings. The summed E-state index contributed by atoms with van der Waals surface area (Å²) in [4.78, 5) is 0. The number of aryl methyl sites for hydroxylation is 4. The first kappa shape index (κ1) is 25.1. The van der Waals surface area contributed by atoms with Crippen LogP contribution in [0.15, 0.2) is 82.6 Å². The lowest BCUT2D eigenvalue weighted by molar-refractivity contribution is -0.835. The number of benzene rings is 2. The number of hydrogen-bond acceptors (Lipinski definition) is 0. The topological polar surface area (TPSA) is 15.9 Å². The van der Waals surface area contributed by atoms with E-state index in [1.807, 2.05) is 0 Å². The van der Waals surface area contributed by atoms with E-state index in [1.54, 1.807) is 0 Å². The van der Waals surface area contributed by atoms with Crippen molar-refractivity contribution >= 4 is 50.7 Å². The maximum Gasteiger partial charge on any atom is 0.553 e. The fraction of sp³-hybridized carbons (Fsp3) is 0.231. The maximum atomic E-state index is 4.08. The fourth-order valence-corrected chi connectivity index (χ4v) is 9.71. The summed E-state index contributed by atoms with van der Waals surface area (Å²) in [5.41, 5.74) is 18.2. The zero-order valence-corrected chi connectivity index (χ0v) is 27.5. The van der Waals surface area contributed by atoms with Gasteiger partial charge in [0.05, 0.1) is 38.6 Å². The van der Waals surface area contributed by atoms with Gasteiger partial charge in [-0.1, -0.05) is 56.7 Å². The molecule has 4 nitrogen and oxygen atoms in total. The molecule has 8 heterocycles. The number of halogens is 1. The third kappa shape index (κ3) is 2.65. The summed E-state index contributed by atoms with van der Waals surface area (Å²) in [6.45, 7) is 13.7. The van der Waals surface area contributed by atoms with Crippen molar-refractivity contribution in [1.82, 2.24) is 9.13 Å². The third-order valence-corrected chi connectivity index (χ3v) is 11.3. The Labute approximate surface area is 265 Å². The Morgan fingerprint density at radius 1 is 0.773 bits per heavy atom. The summed E-state index contributed by atoms with van der Waals surface area (Å²) in [5.74, 6) is -0.634. The van der Waals surface area contributed by atoms with Crippen molar-refractivity contribution in [2.75, 3.05) is 0 Å². The second-order valence-corrected chi connectivity index (χ2v) is 14.9. The highest BCUT2D eigenvalue weighted by Gasteiger charge is 2.73. The second kappa shape index (κ2) is 7.70. The van der Waals surface area contributed by atoms with Crippen LogP contribution >= 0.6 is 15.9 Å². The molecule has 0 N–H and O–H groups in total. The van der Waals surface area contributed by atoms with Gasteiger partial charge in [0.25, 0.3) is 0 Å². The molecule has 4 aromatic rings. The van der Waals surface area contributed by atoms with Crippen molar-refractivity contribution in [2.24, 2.45) is 5.41 Å². The fourth-order valence-electron chi connectivity index (χ4n) is 9.20.